The molecule has 0 fully saturated rings. The molecule has 22 heavy (non-hydrogen) atoms. The van der Waals surface area contributed by atoms with Crippen molar-refractivity contribution >= 4 is 17.3 Å². The molecule has 1 aromatic carbocycles. The van der Waals surface area contributed by atoms with Crippen LogP contribution in [0.4, 0.5) is 13.2 Å². The van der Waals surface area contributed by atoms with Gasteiger partial charge in [-0.05, 0) is 40.1 Å². The number of guanidine groups is 1. The largest absolute Gasteiger partial charge is 0.416 e. The van der Waals surface area contributed by atoms with E-state index in [1.165, 1.54) is 6.07 Å². The third-order valence-corrected chi connectivity index (χ3v) is 3.71. The molecule has 0 aliphatic carbocycles. The molecule has 2 aromatic rings. The number of nitrogens with one attached hydrogen (secondary N) is 2. The van der Waals surface area contributed by atoms with Crippen molar-refractivity contribution in [3.05, 3.63) is 57.8 Å². The van der Waals surface area contributed by atoms with E-state index in [9.17, 15) is 13.2 Å². The Kier molecular flexibility index (Phi) is 5.43. The van der Waals surface area contributed by atoms with Gasteiger partial charge in [-0.25, -0.2) is 0 Å². The lowest BCUT2D eigenvalue weighted by Gasteiger charge is -2.13. The van der Waals surface area contributed by atoms with Gasteiger partial charge in [0, 0.05) is 20.1 Å². The Bertz CT molecular complexity index is 621. The Morgan fingerprint density at radius 3 is 2.45 bits per heavy atom. The molecule has 1 heterocycles. The summed E-state index contributed by atoms with van der Waals surface area (Å²) in [7, 11) is 1.62. The molecule has 0 aliphatic rings. The average Bonchev–Trinajstić information content (AvgIpc) is 3.00. The monoisotopic (exact) mass is 327 g/mol. The molecule has 0 spiro atoms. The zero-order chi connectivity index (χ0) is 16.0. The first-order valence-corrected chi connectivity index (χ1v) is 7.55. The quantitative estimate of drug-likeness (QED) is 0.664. The molecule has 0 saturated heterocycles. The number of hydrogen-bond acceptors (Lipinski definition) is 2. The van der Waals surface area contributed by atoms with Gasteiger partial charge in [0.05, 0.1) is 5.56 Å². The fourth-order valence-corrected chi connectivity index (χ4v) is 2.51. The van der Waals surface area contributed by atoms with Crippen LogP contribution in [-0.2, 0) is 19.3 Å². The fraction of sp³-hybridized carbons (Fsp3) is 0.267. The second-order valence-corrected chi connectivity index (χ2v) is 5.39. The third kappa shape index (κ3) is 4.77. The van der Waals surface area contributed by atoms with Crippen LogP contribution in [0, 0.1) is 0 Å². The standard InChI is InChI=1S/C15H16F3N3S/c1-19-14(21-9-12-5-6-22-10-12)20-8-11-3-2-4-13(7-11)15(16,17)18/h2-7,10H,8-9H2,1H3,(H2,19,20,21). The van der Waals surface area contributed by atoms with Crippen molar-refractivity contribution in [2.24, 2.45) is 4.99 Å². The lowest BCUT2D eigenvalue weighted by Crippen LogP contribution is -2.36. The van der Waals surface area contributed by atoms with Crippen molar-refractivity contribution < 1.29 is 13.2 Å². The molecule has 7 heteroatoms. The molecule has 118 valence electrons. The van der Waals surface area contributed by atoms with Crippen LogP contribution in [0.1, 0.15) is 16.7 Å². The molecule has 0 unspecified atom stereocenters. The molecule has 0 amide bonds. The van der Waals surface area contributed by atoms with Crippen molar-refractivity contribution in [2.45, 2.75) is 19.3 Å². The Balaban J connectivity index is 1.90. The number of aliphatic imine (C=N–C) groups is 1. The molecule has 1 aromatic heterocycles. The first-order chi connectivity index (χ1) is 10.5. The summed E-state index contributed by atoms with van der Waals surface area (Å²) in [6.45, 7) is 0.888. The van der Waals surface area contributed by atoms with Gasteiger partial charge in [0.1, 0.15) is 0 Å². The number of thiophene rings is 1. The lowest BCUT2D eigenvalue weighted by atomic mass is 10.1. The topological polar surface area (TPSA) is 36.4 Å². The van der Waals surface area contributed by atoms with Crippen molar-refractivity contribution in [3.8, 4) is 0 Å². The van der Waals surface area contributed by atoms with Gasteiger partial charge >= 0.3 is 6.18 Å². The highest BCUT2D eigenvalue weighted by Crippen LogP contribution is 2.29. The minimum Gasteiger partial charge on any atom is -0.352 e. The van der Waals surface area contributed by atoms with Crippen molar-refractivity contribution in [1.29, 1.82) is 0 Å². The number of rotatable bonds is 4. The van der Waals surface area contributed by atoms with Crippen molar-refractivity contribution in [3.63, 3.8) is 0 Å². The van der Waals surface area contributed by atoms with Gasteiger partial charge in [0.2, 0.25) is 0 Å². The van der Waals surface area contributed by atoms with Crippen LogP contribution in [0.5, 0.6) is 0 Å². The number of benzene rings is 1. The lowest BCUT2D eigenvalue weighted by molar-refractivity contribution is -0.137. The highest BCUT2D eigenvalue weighted by Gasteiger charge is 2.30. The van der Waals surface area contributed by atoms with Crippen LogP contribution in [0.15, 0.2) is 46.1 Å². The molecular weight excluding hydrogens is 311 g/mol. The maximum Gasteiger partial charge on any atom is 0.416 e. The Morgan fingerprint density at radius 1 is 1.14 bits per heavy atom. The molecule has 2 rings (SSSR count). The second kappa shape index (κ2) is 7.31. The average molecular weight is 327 g/mol. The van der Waals surface area contributed by atoms with E-state index >= 15 is 0 Å². The van der Waals surface area contributed by atoms with Gasteiger partial charge < -0.3 is 10.6 Å². The highest BCUT2D eigenvalue weighted by molar-refractivity contribution is 7.07. The molecular formula is C15H16F3N3S. The minimum absolute atomic E-state index is 0.271. The SMILES string of the molecule is CN=C(NCc1ccsc1)NCc1cccc(C(F)(F)F)c1. The highest BCUT2D eigenvalue weighted by atomic mass is 32.1. The van der Waals surface area contributed by atoms with Crippen molar-refractivity contribution in [1.82, 2.24) is 10.6 Å². The summed E-state index contributed by atoms with van der Waals surface area (Å²) in [6.07, 6.45) is -4.32. The van der Waals surface area contributed by atoms with E-state index in [2.05, 4.69) is 15.6 Å². The van der Waals surface area contributed by atoms with Gasteiger partial charge in [-0.1, -0.05) is 12.1 Å². The van der Waals surface area contributed by atoms with Crippen LogP contribution < -0.4 is 10.6 Å². The van der Waals surface area contributed by atoms with Gasteiger partial charge in [-0.3, -0.25) is 4.99 Å². The summed E-state index contributed by atoms with van der Waals surface area (Å²) in [5, 5.41) is 10.1. The summed E-state index contributed by atoms with van der Waals surface area (Å²) < 4.78 is 38.0. The van der Waals surface area contributed by atoms with E-state index in [-0.39, 0.29) is 6.54 Å². The van der Waals surface area contributed by atoms with Gasteiger partial charge in [0.15, 0.2) is 5.96 Å². The van der Waals surface area contributed by atoms with E-state index in [1.54, 1.807) is 24.5 Å². The molecule has 0 radical (unpaired) electrons. The molecule has 2 N–H and O–H groups in total. The molecule has 0 aliphatic heterocycles. The Morgan fingerprint density at radius 2 is 1.86 bits per heavy atom. The Hall–Kier alpha value is -2.02. The summed E-state index contributed by atoms with van der Waals surface area (Å²) in [6, 6.07) is 7.25. The number of halogens is 3. The molecule has 0 bridgehead atoms. The van der Waals surface area contributed by atoms with Crippen LogP contribution >= 0.6 is 11.3 Å². The van der Waals surface area contributed by atoms with Crippen molar-refractivity contribution in [2.75, 3.05) is 7.05 Å². The number of hydrogen-bond donors (Lipinski definition) is 2. The van der Waals surface area contributed by atoms with Gasteiger partial charge in [0.25, 0.3) is 0 Å². The Labute approximate surface area is 130 Å². The summed E-state index contributed by atoms with van der Waals surface area (Å²) in [5.74, 6) is 0.545. The van der Waals surface area contributed by atoms with Gasteiger partial charge in [-0.2, -0.15) is 24.5 Å². The second-order valence-electron chi connectivity index (χ2n) is 4.61. The zero-order valence-electron chi connectivity index (χ0n) is 11.9. The number of nitrogens with zero attached hydrogens (tertiary/aromatic N) is 1. The summed E-state index contributed by atoms with van der Waals surface area (Å²) in [4.78, 5) is 4.05. The molecule has 3 nitrogen and oxygen atoms in total. The third-order valence-electron chi connectivity index (χ3n) is 2.98. The summed E-state index contributed by atoms with van der Waals surface area (Å²) in [5.41, 5.74) is 1.04. The first kappa shape index (κ1) is 16.4. The predicted molar refractivity (Wildman–Crippen MR) is 82.8 cm³/mol. The minimum atomic E-state index is -4.32. The molecule has 0 saturated carbocycles. The maximum absolute atomic E-state index is 12.7. The normalized spacial score (nSPS) is 12.3. The maximum atomic E-state index is 12.7. The van der Waals surface area contributed by atoms with E-state index < -0.39 is 11.7 Å². The van der Waals surface area contributed by atoms with Crippen LogP contribution in [0.2, 0.25) is 0 Å². The van der Waals surface area contributed by atoms with Crippen LogP contribution in [0.3, 0.4) is 0 Å². The van der Waals surface area contributed by atoms with Crippen LogP contribution in [0.25, 0.3) is 0 Å². The number of alkyl halides is 3. The predicted octanol–water partition coefficient (Wildman–Crippen LogP) is 3.63. The fourth-order valence-electron chi connectivity index (χ4n) is 1.84. The van der Waals surface area contributed by atoms with Gasteiger partial charge in [-0.15, -0.1) is 0 Å². The smallest absolute Gasteiger partial charge is 0.352 e. The molecule has 0 atom stereocenters. The van der Waals surface area contributed by atoms with E-state index in [0.717, 1.165) is 17.7 Å². The first-order valence-electron chi connectivity index (χ1n) is 6.61. The van der Waals surface area contributed by atoms with Crippen LogP contribution in [-0.4, -0.2) is 13.0 Å². The van der Waals surface area contributed by atoms with E-state index in [0.29, 0.717) is 18.1 Å². The van der Waals surface area contributed by atoms with E-state index in [1.807, 2.05) is 16.8 Å². The zero-order valence-corrected chi connectivity index (χ0v) is 12.8. The van der Waals surface area contributed by atoms with E-state index in [4.69, 9.17) is 0 Å². The summed E-state index contributed by atoms with van der Waals surface area (Å²) >= 11 is 1.61.